The Balaban J connectivity index is 2.57. The molecule has 0 fully saturated rings. The normalized spacial score (nSPS) is 11.0. The summed E-state index contributed by atoms with van der Waals surface area (Å²) in [7, 11) is 0. The van der Waals surface area contributed by atoms with Crippen molar-refractivity contribution in [2.45, 2.75) is 32.7 Å². The predicted octanol–water partition coefficient (Wildman–Crippen LogP) is 1.82. The Kier molecular flexibility index (Phi) is 3.90. The van der Waals surface area contributed by atoms with Gasteiger partial charge in [-0.15, -0.1) is 0 Å². The second kappa shape index (κ2) is 4.99. The molecule has 2 N–H and O–H groups in total. The number of hydrogen-bond acceptors (Lipinski definition) is 4. The van der Waals surface area contributed by atoms with Gasteiger partial charge in [0, 0.05) is 12.5 Å². The minimum absolute atomic E-state index is 0.238. The quantitative estimate of drug-likeness (QED) is 0.624. The van der Waals surface area contributed by atoms with Crippen molar-refractivity contribution in [2.75, 3.05) is 0 Å². The first-order valence-electron chi connectivity index (χ1n) is 5.10. The van der Waals surface area contributed by atoms with Crippen LogP contribution in [0.4, 0.5) is 0 Å². The predicted molar refractivity (Wildman–Crippen MR) is 60.8 cm³/mol. The van der Waals surface area contributed by atoms with E-state index in [0.29, 0.717) is 5.75 Å². The lowest BCUT2D eigenvalue weighted by molar-refractivity contribution is -0.210. The van der Waals surface area contributed by atoms with E-state index in [2.05, 4.69) is 4.89 Å². The van der Waals surface area contributed by atoms with Gasteiger partial charge in [-0.2, -0.15) is 0 Å². The summed E-state index contributed by atoms with van der Waals surface area (Å²) in [6.07, 6.45) is 0.779. The Labute approximate surface area is 95.3 Å². The average molecular weight is 223 g/mol. The molecule has 1 rings (SSSR count). The zero-order chi connectivity index (χ0) is 12.2. The van der Waals surface area contributed by atoms with Crippen molar-refractivity contribution in [3.8, 4) is 5.75 Å². The van der Waals surface area contributed by atoms with Gasteiger partial charge < -0.3 is 5.73 Å². The van der Waals surface area contributed by atoms with E-state index in [4.69, 9.17) is 10.6 Å². The summed E-state index contributed by atoms with van der Waals surface area (Å²) in [6.45, 7) is 5.22. The second-order valence-corrected chi connectivity index (χ2v) is 4.47. The summed E-state index contributed by atoms with van der Waals surface area (Å²) in [6, 6.07) is 7.27. The molecule has 4 heteroatoms. The van der Waals surface area contributed by atoms with Crippen molar-refractivity contribution in [3.63, 3.8) is 0 Å². The van der Waals surface area contributed by atoms with Crippen LogP contribution in [-0.2, 0) is 16.1 Å². The highest BCUT2D eigenvalue weighted by atomic mass is 17.2. The lowest BCUT2D eigenvalue weighted by atomic mass is 9.96. The molecule has 88 valence electrons. The van der Waals surface area contributed by atoms with E-state index in [1.165, 1.54) is 6.92 Å². The molecular formula is C12H17NO3. The first-order valence-corrected chi connectivity index (χ1v) is 5.10. The van der Waals surface area contributed by atoms with Gasteiger partial charge in [-0.25, -0.2) is 4.79 Å². The number of carbonyl (C=O) groups is 1. The Bertz CT molecular complexity index is 352. The summed E-state index contributed by atoms with van der Waals surface area (Å²) in [4.78, 5) is 19.7. The van der Waals surface area contributed by atoms with Crippen LogP contribution >= 0.6 is 0 Å². The summed E-state index contributed by atoms with van der Waals surface area (Å²) in [5.41, 5.74) is 6.78. The van der Waals surface area contributed by atoms with Gasteiger partial charge >= 0.3 is 5.97 Å². The van der Waals surface area contributed by atoms with E-state index in [0.717, 1.165) is 12.0 Å². The highest BCUT2D eigenvalue weighted by Crippen LogP contribution is 2.15. The third-order valence-electron chi connectivity index (χ3n) is 1.84. The number of nitrogens with two attached hydrogens (primary N) is 1. The van der Waals surface area contributed by atoms with Crippen LogP contribution in [-0.4, -0.2) is 11.5 Å². The number of rotatable bonds is 4. The molecule has 1 aromatic carbocycles. The van der Waals surface area contributed by atoms with Crippen molar-refractivity contribution in [2.24, 2.45) is 5.73 Å². The summed E-state index contributed by atoms with van der Waals surface area (Å²) in [5, 5.41) is 0. The van der Waals surface area contributed by atoms with Crippen LogP contribution in [0, 0.1) is 0 Å². The Morgan fingerprint density at radius 1 is 1.31 bits per heavy atom. The fourth-order valence-corrected chi connectivity index (χ4v) is 1.30. The molecular weight excluding hydrogens is 206 g/mol. The van der Waals surface area contributed by atoms with Crippen molar-refractivity contribution < 1.29 is 14.6 Å². The van der Waals surface area contributed by atoms with E-state index in [1.807, 2.05) is 26.0 Å². The lowest BCUT2D eigenvalue weighted by Crippen LogP contribution is -2.34. The molecule has 0 heterocycles. The first-order chi connectivity index (χ1) is 7.37. The highest BCUT2D eigenvalue weighted by Gasteiger charge is 2.11. The van der Waals surface area contributed by atoms with Crippen LogP contribution in [0.15, 0.2) is 24.3 Å². The van der Waals surface area contributed by atoms with Crippen molar-refractivity contribution in [1.29, 1.82) is 0 Å². The first kappa shape index (κ1) is 12.5. The van der Waals surface area contributed by atoms with E-state index in [1.54, 1.807) is 12.1 Å². The number of benzene rings is 1. The van der Waals surface area contributed by atoms with E-state index in [-0.39, 0.29) is 5.54 Å². The second-order valence-electron chi connectivity index (χ2n) is 4.47. The summed E-state index contributed by atoms with van der Waals surface area (Å²) in [5.74, 6) is 0.0148. The molecule has 0 bridgehead atoms. The van der Waals surface area contributed by atoms with E-state index in [9.17, 15) is 4.79 Å². The molecule has 0 spiro atoms. The van der Waals surface area contributed by atoms with Crippen LogP contribution in [0.3, 0.4) is 0 Å². The van der Waals surface area contributed by atoms with Gasteiger partial charge in [0.25, 0.3) is 0 Å². The van der Waals surface area contributed by atoms with Crippen LogP contribution in [0.2, 0.25) is 0 Å². The molecule has 0 unspecified atom stereocenters. The minimum Gasteiger partial charge on any atom is -0.325 e. The largest absolute Gasteiger partial charge is 0.352 e. The topological polar surface area (TPSA) is 61.5 Å². The summed E-state index contributed by atoms with van der Waals surface area (Å²) >= 11 is 0. The molecule has 16 heavy (non-hydrogen) atoms. The van der Waals surface area contributed by atoms with Crippen molar-refractivity contribution in [3.05, 3.63) is 29.8 Å². The van der Waals surface area contributed by atoms with E-state index >= 15 is 0 Å². The molecule has 0 aliphatic heterocycles. The van der Waals surface area contributed by atoms with Crippen molar-refractivity contribution in [1.82, 2.24) is 0 Å². The van der Waals surface area contributed by atoms with Crippen LogP contribution in [0.5, 0.6) is 5.75 Å². The molecule has 0 atom stereocenters. The Morgan fingerprint density at radius 2 is 1.88 bits per heavy atom. The maximum Gasteiger partial charge on any atom is 0.352 e. The molecule has 0 aromatic heterocycles. The fraction of sp³-hybridized carbons (Fsp3) is 0.417. The molecule has 4 nitrogen and oxygen atoms in total. The van der Waals surface area contributed by atoms with Gasteiger partial charge in [0.05, 0.1) is 0 Å². The molecule has 0 amide bonds. The van der Waals surface area contributed by atoms with Crippen LogP contribution in [0.1, 0.15) is 26.3 Å². The lowest BCUT2D eigenvalue weighted by Gasteiger charge is -2.18. The molecule has 0 aliphatic rings. The van der Waals surface area contributed by atoms with E-state index < -0.39 is 5.97 Å². The van der Waals surface area contributed by atoms with Gasteiger partial charge in [0.15, 0.2) is 5.75 Å². The highest BCUT2D eigenvalue weighted by molar-refractivity contribution is 5.65. The van der Waals surface area contributed by atoms with Gasteiger partial charge in [0.1, 0.15) is 0 Å². The zero-order valence-electron chi connectivity index (χ0n) is 9.82. The molecule has 0 aliphatic carbocycles. The van der Waals surface area contributed by atoms with Crippen LogP contribution < -0.4 is 10.6 Å². The molecule has 0 saturated heterocycles. The van der Waals surface area contributed by atoms with Crippen LogP contribution in [0.25, 0.3) is 0 Å². The Hall–Kier alpha value is -1.55. The SMILES string of the molecule is CC(=O)OOc1ccc(CC(C)(C)N)cc1. The monoisotopic (exact) mass is 223 g/mol. The summed E-state index contributed by atoms with van der Waals surface area (Å²) < 4.78 is 0. The smallest absolute Gasteiger partial charge is 0.325 e. The standard InChI is InChI=1S/C12H17NO3/c1-9(14)15-16-11-6-4-10(5-7-11)8-12(2,3)13/h4-7H,8,13H2,1-3H3. The third-order valence-corrected chi connectivity index (χ3v) is 1.84. The maximum absolute atomic E-state index is 10.5. The van der Waals surface area contributed by atoms with Gasteiger partial charge in [-0.05, 0) is 38.0 Å². The molecule has 0 radical (unpaired) electrons. The molecule has 1 aromatic rings. The van der Waals surface area contributed by atoms with Gasteiger partial charge in [0.2, 0.25) is 0 Å². The molecule has 0 saturated carbocycles. The minimum atomic E-state index is -0.479. The Morgan fingerprint density at radius 3 is 2.31 bits per heavy atom. The van der Waals surface area contributed by atoms with Gasteiger partial charge in [-0.3, -0.25) is 9.78 Å². The number of carbonyl (C=O) groups excluding carboxylic acids is 1. The maximum atomic E-state index is 10.5. The zero-order valence-corrected chi connectivity index (χ0v) is 9.82. The average Bonchev–Trinajstić information content (AvgIpc) is 2.14. The van der Waals surface area contributed by atoms with Crippen molar-refractivity contribution >= 4 is 5.97 Å². The fourth-order valence-electron chi connectivity index (χ4n) is 1.30. The van der Waals surface area contributed by atoms with Gasteiger partial charge in [-0.1, -0.05) is 12.1 Å². The third kappa shape index (κ3) is 4.79. The number of hydrogen-bond donors (Lipinski definition) is 1.